The number of alkyl carbamates (subject to hydrolysis) is 1. The molecular formula is C10H21NO2. The van der Waals surface area contributed by atoms with Gasteiger partial charge < -0.3 is 10.1 Å². The van der Waals surface area contributed by atoms with Crippen molar-refractivity contribution in [1.82, 2.24) is 5.32 Å². The molecule has 0 unspecified atom stereocenters. The molecule has 0 spiro atoms. The number of carbonyl (C=O) groups excluding carboxylic acids is 1. The molecule has 13 heavy (non-hydrogen) atoms. The van der Waals surface area contributed by atoms with Crippen LogP contribution in [0.1, 0.15) is 47.0 Å². The smallest absolute Gasteiger partial charge is 0.407 e. The molecule has 0 fully saturated rings. The number of nitrogens with one attached hydrogen (secondary N) is 1. The van der Waals surface area contributed by atoms with Gasteiger partial charge in [-0.1, -0.05) is 20.3 Å². The number of carbonyl (C=O) groups is 1. The van der Waals surface area contributed by atoms with Gasteiger partial charge in [-0.3, -0.25) is 0 Å². The Balaban J connectivity index is 3.73. The average molecular weight is 187 g/mol. The molecule has 0 aromatic rings. The summed E-state index contributed by atoms with van der Waals surface area (Å²) in [5, 5.41) is 2.84. The molecule has 1 amide bonds. The van der Waals surface area contributed by atoms with Crippen molar-refractivity contribution >= 4 is 6.09 Å². The highest BCUT2D eigenvalue weighted by Gasteiger charge is 2.10. The molecule has 3 heteroatoms. The fraction of sp³-hybridized carbons (Fsp3) is 0.900. The van der Waals surface area contributed by atoms with Crippen LogP contribution < -0.4 is 5.32 Å². The van der Waals surface area contributed by atoms with Crippen molar-refractivity contribution in [3.8, 4) is 0 Å². The topological polar surface area (TPSA) is 38.3 Å². The Bertz CT molecular complexity index is 146. The largest absolute Gasteiger partial charge is 0.447 e. The summed E-state index contributed by atoms with van der Waals surface area (Å²) in [7, 11) is 0. The summed E-state index contributed by atoms with van der Waals surface area (Å²) in [4.78, 5) is 11.2. The van der Waals surface area contributed by atoms with E-state index in [9.17, 15) is 4.79 Å². The van der Waals surface area contributed by atoms with Crippen LogP contribution in [0.15, 0.2) is 0 Å². The van der Waals surface area contributed by atoms with Crippen LogP contribution in [0, 0.1) is 0 Å². The molecule has 1 N–H and O–H groups in total. The molecule has 0 heterocycles. The Morgan fingerprint density at radius 3 is 2.38 bits per heavy atom. The summed E-state index contributed by atoms with van der Waals surface area (Å²) in [5.74, 6) is 0. The van der Waals surface area contributed by atoms with Gasteiger partial charge in [0.2, 0.25) is 0 Å². The molecule has 0 aliphatic rings. The number of amides is 1. The second-order valence-corrected chi connectivity index (χ2v) is 3.49. The van der Waals surface area contributed by atoms with Gasteiger partial charge in [-0.2, -0.15) is 0 Å². The summed E-state index contributed by atoms with van der Waals surface area (Å²) < 4.78 is 4.98. The molecule has 0 saturated carbocycles. The molecule has 0 saturated heterocycles. The Morgan fingerprint density at radius 1 is 1.38 bits per heavy atom. The SMILES string of the molecule is CCC[C@H](CC)NC(=O)OC(C)C. The second-order valence-electron chi connectivity index (χ2n) is 3.49. The summed E-state index contributed by atoms with van der Waals surface area (Å²) in [6, 6.07) is 0.260. The van der Waals surface area contributed by atoms with Gasteiger partial charge in [0.25, 0.3) is 0 Å². The quantitative estimate of drug-likeness (QED) is 0.718. The number of rotatable bonds is 5. The van der Waals surface area contributed by atoms with E-state index in [4.69, 9.17) is 4.74 Å². The van der Waals surface area contributed by atoms with Crippen LogP contribution in [0.25, 0.3) is 0 Å². The van der Waals surface area contributed by atoms with Crippen molar-refractivity contribution in [2.45, 2.75) is 59.1 Å². The highest BCUT2D eigenvalue weighted by atomic mass is 16.6. The molecule has 3 nitrogen and oxygen atoms in total. The Kier molecular flexibility index (Phi) is 6.37. The summed E-state index contributed by atoms with van der Waals surface area (Å²) in [5.41, 5.74) is 0. The minimum Gasteiger partial charge on any atom is -0.447 e. The molecule has 0 aromatic heterocycles. The van der Waals surface area contributed by atoms with E-state index >= 15 is 0 Å². The van der Waals surface area contributed by atoms with Crippen LogP contribution in [0.5, 0.6) is 0 Å². The van der Waals surface area contributed by atoms with Crippen LogP contribution in [0.4, 0.5) is 4.79 Å². The van der Waals surface area contributed by atoms with Crippen molar-refractivity contribution in [2.24, 2.45) is 0 Å². The van der Waals surface area contributed by atoms with E-state index in [1.165, 1.54) is 0 Å². The van der Waals surface area contributed by atoms with Gasteiger partial charge in [-0.15, -0.1) is 0 Å². The van der Waals surface area contributed by atoms with Crippen LogP contribution >= 0.6 is 0 Å². The molecule has 0 radical (unpaired) electrons. The molecule has 0 aliphatic heterocycles. The van der Waals surface area contributed by atoms with Gasteiger partial charge in [-0.25, -0.2) is 4.79 Å². The van der Waals surface area contributed by atoms with Gasteiger partial charge in [0.05, 0.1) is 6.10 Å². The lowest BCUT2D eigenvalue weighted by molar-refractivity contribution is 0.111. The van der Waals surface area contributed by atoms with E-state index in [0.717, 1.165) is 19.3 Å². The third-order valence-corrected chi connectivity index (χ3v) is 1.79. The summed E-state index contributed by atoms with van der Waals surface area (Å²) in [6.45, 7) is 7.87. The lowest BCUT2D eigenvalue weighted by Crippen LogP contribution is -2.35. The zero-order chi connectivity index (χ0) is 10.3. The van der Waals surface area contributed by atoms with E-state index in [2.05, 4.69) is 19.2 Å². The maximum Gasteiger partial charge on any atom is 0.407 e. The molecule has 78 valence electrons. The minimum absolute atomic E-state index is 0.0425. The zero-order valence-electron chi connectivity index (χ0n) is 9.09. The fourth-order valence-corrected chi connectivity index (χ4v) is 1.14. The van der Waals surface area contributed by atoms with E-state index in [0.29, 0.717) is 0 Å². The van der Waals surface area contributed by atoms with Gasteiger partial charge in [-0.05, 0) is 26.7 Å². The van der Waals surface area contributed by atoms with Crippen molar-refractivity contribution in [3.05, 3.63) is 0 Å². The third-order valence-electron chi connectivity index (χ3n) is 1.79. The summed E-state index contributed by atoms with van der Waals surface area (Å²) >= 11 is 0. The number of hydrogen-bond donors (Lipinski definition) is 1. The van der Waals surface area contributed by atoms with Crippen molar-refractivity contribution in [2.75, 3.05) is 0 Å². The molecule has 0 aromatic carbocycles. The number of hydrogen-bond acceptors (Lipinski definition) is 2. The van der Waals surface area contributed by atoms with Crippen LogP contribution in [0.3, 0.4) is 0 Å². The Morgan fingerprint density at radius 2 is 2.00 bits per heavy atom. The van der Waals surface area contributed by atoms with Crippen LogP contribution in [-0.4, -0.2) is 18.2 Å². The van der Waals surface area contributed by atoms with Crippen LogP contribution in [-0.2, 0) is 4.74 Å². The maximum absolute atomic E-state index is 11.2. The normalized spacial score (nSPS) is 12.7. The third kappa shape index (κ3) is 6.43. The first kappa shape index (κ1) is 12.3. The van der Waals surface area contributed by atoms with E-state index < -0.39 is 0 Å². The zero-order valence-corrected chi connectivity index (χ0v) is 9.09. The van der Waals surface area contributed by atoms with Gasteiger partial charge >= 0.3 is 6.09 Å². The first-order valence-corrected chi connectivity index (χ1v) is 5.07. The van der Waals surface area contributed by atoms with Gasteiger partial charge in [0.15, 0.2) is 0 Å². The lowest BCUT2D eigenvalue weighted by Gasteiger charge is -2.16. The van der Waals surface area contributed by atoms with E-state index in [1.54, 1.807) is 0 Å². The second kappa shape index (κ2) is 6.75. The monoisotopic (exact) mass is 187 g/mol. The Labute approximate surface area is 80.8 Å². The van der Waals surface area contributed by atoms with Crippen LogP contribution in [0.2, 0.25) is 0 Å². The van der Waals surface area contributed by atoms with E-state index in [1.807, 2.05) is 13.8 Å². The highest BCUT2D eigenvalue weighted by molar-refractivity contribution is 5.67. The van der Waals surface area contributed by atoms with Crippen molar-refractivity contribution in [3.63, 3.8) is 0 Å². The first-order chi connectivity index (χ1) is 6.10. The van der Waals surface area contributed by atoms with Gasteiger partial charge in [0.1, 0.15) is 0 Å². The predicted octanol–water partition coefficient (Wildman–Crippen LogP) is 2.70. The summed E-state index contributed by atoms with van der Waals surface area (Å²) in [6.07, 6.45) is 2.72. The lowest BCUT2D eigenvalue weighted by atomic mass is 10.1. The number of ether oxygens (including phenoxy) is 1. The maximum atomic E-state index is 11.2. The molecular weight excluding hydrogens is 166 g/mol. The van der Waals surface area contributed by atoms with E-state index in [-0.39, 0.29) is 18.2 Å². The minimum atomic E-state index is -0.296. The average Bonchev–Trinajstić information content (AvgIpc) is 2.02. The standard InChI is InChI=1S/C10H21NO2/c1-5-7-9(6-2)11-10(12)13-8(3)4/h8-9H,5-7H2,1-4H3,(H,11,12)/t9-/m0/s1. The predicted molar refractivity (Wildman–Crippen MR) is 53.7 cm³/mol. The highest BCUT2D eigenvalue weighted by Crippen LogP contribution is 2.01. The Hall–Kier alpha value is -0.730. The molecule has 0 aliphatic carbocycles. The first-order valence-electron chi connectivity index (χ1n) is 5.07. The molecule has 0 bridgehead atoms. The molecule has 1 atom stereocenters. The van der Waals surface area contributed by atoms with Crippen molar-refractivity contribution in [1.29, 1.82) is 0 Å². The van der Waals surface area contributed by atoms with Crippen molar-refractivity contribution < 1.29 is 9.53 Å². The molecule has 0 rings (SSSR count). The fourth-order valence-electron chi connectivity index (χ4n) is 1.14. The van der Waals surface area contributed by atoms with Gasteiger partial charge in [0, 0.05) is 6.04 Å².